The average Bonchev–Trinajstić information content (AvgIpc) is 3.36. The molecule has 1 aromatic heterocycles. The van der Waals surface area contributed by atoms with Crippen molar-refractivity contribution in [2.75, 3.05) is 26.2 Å². The summed E-state index contributed by atoms with van der Waals surface area (Å²) in [6, 6.07) is 1.20. The highest BCUT2D eigenvalue weighted by molar-refractivity contribution is 5.92. The van der Waals surface area contributed by atoms with Gasteiger partial charge in [-0.2, -0.15) is 0 Å². The van der Waals surface area contributed by atoms with Crippen LogP contribution in [0.2, 0.25) is 0 Å². The first kappa shape index (κ1) is 15.7. The minimum absolute atomic E-state index is 0.0592. The molecule has 8 nitrogen and oxygen atoms in total. The number of aromatic amines is 1. The minimum Gasteiger partial charge on any atom is -0.373 e. The van der Waals surface area contributed by atoms with Crippen molar-refractivity contribution in [1.29, 1.82) is 0 Å². The van der Waals surface area contributed by atoms with Gasteiger partial charge in [0.05, 0.1) is 12.7 Å². The van der Waals surface area contributed by atoms with Crippen LogP contribution in [0.15, 0.2) is 10.9 Å². The van der Waals surface area contributed by atoms with Crippen molar-refractivity contribution in [2.24, 2.45) is 5.92 Å². The second-order valence-electron chi connectivity index (χ2n) is 5.98. The van der Waals surface area contributed by atoms with E-state index in [2.05, 4.69) is 15.3 Å². The predicted octanol–water partition coefficient (Wildman–Crippen LogP) is -0.554. The molecule has 1 atom stereocenters. The fourth-order valence-electron chi connectivity index (χ4n) is 2.58. The topological polar surface area (TPSA) is 104 Å². The molecule has 0 radical (unpaired) electrons. The van der Waals surface area contributed by atoms with E-state index < -0.39 is 0 Å². The maximum atomic E-state index is 12.5. The number of aryl methyl sites for hydroxylation is 1. The number of ether oxygens (including phenoxy) is 1. The highest BCUT2D eigenvalue weighted by Crippen LogP contribution is 2.28. The number of amides is 2. The predicted molar refractivity (Wildman–Crippen MR) is 81.0 cm³/mol. The van der Waals surface area contributed by atoms with Crippen molar-refractivity contribution in [2.45, 2.75) is 25.9 Å². The Hall–Kier alpha value is -2.22. The van der Waals surface area contributed by atoms with Crippen LogP contribution in [-0.4, -0.2) is 59.0 Å². The van der Waals surface area contributed by atoms with Gasteiger partial charge in [-0.25, -0.2) is 4.98 Å². The lowest BCUT2D eigenvalue weighted by Crippen LogP contribution is -2.50. The van der Waals surface area contributed by atoms with Gasteiger partial charge in [0, 0.05) is 31.6 Å². The molecular formula is C15H20N4O4. The number of hydrogen-bond acceptors (Lipinski definition) is 5. The molecule has 3 rings (SSSR count). The summed E-state index contributed by atoms with van der Waals surface area (Å²) in [7, 11) is 0. The summed E-state index contributed by atoms with van der Waals surface area (Å²) in [5.41, 5.74) is -0.212. The van der Waals surface area contributed by atoms with E-state index in [0.29, 0.717) is 32.1 Å². The standard InChI is InChI=1S/C15H20N4O4/c1-9-17-12(6-13(20)18-9)15(22)19-4-5-23-11(8-19)7-16-14(21)10-2-3-10/h6,10-11H,2-5,7-8H2,1H3,(H,16,21)(H,17,18,20). The molecule has 2 amide bonds. The van der Waals surface area contributed by atoms with Crippen LogP contribution in [0.3, 0.4) is 0 Å². The first-order valence-electron chi connectivity index (χ1n) is 7.79. The van der Waals surface area contributed by atoms with E-state index in [4.69, 9.17) is 4.74 Å². The maximum absolute atomic E-state index is 12.5. The number of nitrogens with zero attached hydrogens (tertiary/aromatic N) is 2. The SMILES string of the molecule is Cc1nc(C(=O)N2CCOC(CNC(=O)C3CC3)C2)cc(=O)[nH]1. The summed E-state index contributed by atoms with van der Waals surface area (Å²) in [6.07, 6.45) is 1.67. The van der Waals surface area contributed by atoms with E-state index in [9.17, 15) is 14.4 Å². The molecule has 8 heteroatoms. The van der Waals surface area contributed by atoms with E-state index >= 15 is 0 Å². The Labute approximate surface area is 133 Å². The van der Waals surface area contributed by atoms with E-state index in [1.807, 2.05) is 0 Å². The summed E-state index contributed by atoms with van der Waals surface area (Å²) in [6.45, 7) is 3.24. The fourth-order valence-corrected chi connectivity index (χ4v) is 2.58. The van der Waals surface area contributed by atoms with Crippen LogP contribution in [0, 0.1) is 12.8 Å². The van der Waals surface area contributed by atoms with Crippen LogP contribution in [0.4, 0.5) is 0 Å². The number of carbonyl (C=O) groups excluding carboxylic acids is 2. The molecule has 2 heterocycles. The molecule has 0 bridgehead atoms. The first-order chi connectivity index (χ1) is 11.0. The van der Waals surface area contributed by atoms with E-state index in [1.165, 1.54) is 6.07 Å². The summed E-state index contributed by atoms with van der Waals surface area (Å²) >= 11 is 0. The summed E-state index contributed by atoms with van der Waals surface area (Å²) < 4.78 is 5.60. The van der Waals surface area contributed by atoms with Gasteiger partial charge in [-0.1, -0.05) is 0 Å². The number of hydrogen-bond donors (Lipinski definition) is 2. The highest BCUT2D eigenvalue weighted by Gasteiger charge is 2.31. The number of nitrogens with one attached hydrogen (secondary N) is 2. The highest BCUT2D eigenvalue weighted by atomic mass is 16.5. The van der Waals surface area contributed by atoms with Gasteiger partial charge in [0.15, 0.2) is 0 Å². The Morgan fingerprint density at radius 1 is 1.48 bits per heavy atom. The molecule has 0 aromatic carbocycles. The minimum atomic E-state index is -0.345. The van der Waals surface area contributed by atoms with Crippen molar-refractivity contribution >= 4 is 11.8 Å². The molecule has 124 valence electrons. The molecule has 1 unspecified atom stereocenters. The normalized spacial score (nSPS) is 21.1. The van der Waals surface area contributed by atoms with E-state index in [-0.39, 0.29) is 35.1 Å². The van der Waals surface area contributed by atoms with Crippen LogP contribution in [0.1, 0.15) is 29.2 Å². The van der Waals surface area contributed by atoms with Gasteiger partial charge in [-0.3, -0.25) is 14.4 Å². The van der Waals surface area contributed by atoms with Crippen LogP contribution in [-0.2, 0) is 9.53 Å². The lowest BCUT2D eigenvalue weighted by atomic mass is 10.2. The third-order valence-corrected chi connectivity index (χ3v) is 3.96. The molecule has 2 fully saturated rings. The van der Waals surface area contributed by atoms with Crippen molar-refractivity contribution in [3.63, 3.8) is 0 Å². The Bertz CT molecular complexity index is 668. The van der Waals surface area contributed by atoms with Gasteiger partial charge in [0.1, 0.15) is 11.5 Å². The molecule has 2 N–H and O–H groups in total. The Kier molecular flexibility index (Phi) is 4.42. The molecule has 1 aromatic rings. The fraction of sp³-hybridized carbons (Fsp3) is 0.600. The quantitative estimate of drug-likeness (QED) is 0.774. The van der Waals surface area contributed by atoms with Crippen molar-refractivity contribution in [1.82, 2.24) is 20.2 Å². The summed E-state index contributed by atoms with van der Waals surface area (Å²) in [4.78, 5) is 43.8. The van der Waals surface area contributed by atoms with Gasteiger partial charge >= 0.3 is 0 Å². The lowest BCUT2D eigenvalue weighted by Gasteiger charge is -2.32. The van der Waals surface area contributed by atoms with Crippen molar-refractivity contribution < 1.29 is 14.3 Å². The molecule has 1 aliphatic heterocycles. The molecule has 1 aliphatic carbocycles. The largest absolute Gasteiger partial charge is 0.373 e. The zero-order chi connectivity index (χ0) is 16.4. The van der Waals surface area contributed by atoms with Crippen LogP contribution in [0.5, 0.6) is 0 Å². The molecule has 0 spiro atoms. The number of rotatable bonds is 4. The van der Waals surface area contributed by atoms with Gasteiger partial charge in [0.25, 0.3) is 11.5 Å². The lowest BCUT2D eigenvalue weighted by molar-refractivity contribution is -0.123. The number of aromatic nitrogens is 2. The van der Waals surface area contributed by atoms with Crippen LogP contribution in [0.25, 0.3) is 0 Å². The Morgan fingerprint density at radius 2 is 2.26 bits per heavy atom. The summed E-state index contributed by atoms with van der Waals surface area (Å²) in [5.74, 6) is 0.326. The van der Waals surface area contributed by atoms with Crippen molar-refractivity contribution in [3.8, 4) is 0 Å². The number of carbonyl (C=O) groups is 2. The monoisotopic (exact) mass is 320 g/mol. The van der Waals surface area contributed by atoms with Crippen LogP contribution >= 0.6 is 0 Å². The second-order valence-corrected chi connectivity index (χ2v) is 5.98. The van der Waals surface area contributed by atoms with Crippen LogP contribution < -0.4 is 10.9 Å². The Morgan fingerprint density at radius 3 is 2.96 bits per heavy atom. The third kappa shape index (κ3) is 3.95. The maximum Gasteiger partial charge on any atom is 0.272 e. The van der Waals surface area contributed by atoms with Crippen molar-refractivity contribution in [3.05, 3.63) is 27.9 Å². The summed E-state index contributed by atoms with van der Waals surface area (Å²) in [5, 5.41) is 2.86. The first-order valence-corrected chi connectivity index (χ1v) is 7.79. The van der Waals surface area contributed by atoms with Gasteiger partial charge in [-0.05, 0) is 19.8 Å². The van der Waals surface area contributed by atoms with E-state index in [0.717, 1.165) is 12.8 Å². The second kappa shape index (κ2) is 6.49. The molecule has 1 saturated carbocycles. The van der Waals surface area contributed by atoms with Gasteiger partial charge in [-0.15, -0.1) is 0 Å². The zero-order valence-electron chi connectivity index (χ0n) is 13.0. The smallest absolute Gasteiger partial charge is 0.272 e. The Balaban J connectivity index is 1.59. The van der Waals surface area contributed by atoms with Gasteiger partial charge in [0.2, 0.25) is 5.91 Å². The molecule has 23 heavy (non-hydrogen) atoms. The molecule has 2 aliphatic rings. The molecule has 1 saturated heterocycles. The number of H-pyrrole nitrogens is 1. The average molecular weight is 320 g/mol. The zero-order valence-corrected chi connectivity index (χ0v) is 13.0. The molecular weight excluding hydrogens is 300 g/mol. The number of morpholine rings is 1. The van der Waals surface area contributed by atoms with E-state index in [1.54, 1.807) is 11.8 Å². The van der Waals surface area contributed by atoms with Gasteiger partial charge < -0.3 is 19.9 Å². The third-order valence-electron chi connectivity index (χ3n) is 3.96.